The quantitative estimate of drug-likeness (QED) is 0.579. The van der Waals surface area contributed by atoms with E-state index in [4.69, 9.17) is 4.74 Å². The third kappa shape index (κ3) is 5.85. The summed E-state index contributed by atoms with van der Waals surface area (Å²) in [5, 5.41) is 12.6. The van der Waals surface area contributed by atoms with Crippen molar-refractivity contribution in [1.29, 1.82) is 0 Å². The highest BCUT2D eigenvalue weighted by Gasteiger charge is 2.32. The highest BCUT2D eigenvalue weighted by Crippen LogP contribution is 2.22. The van der Waals surface area contributed by atoms with Crippen molar-refractivity contribution >= 4 is 15.9 Å². The number of hydrogen-bond donors (Lipinski definition) is 3. The van der Waals surface area contributed by atoms with Gasteiger partial charge in [0, 0.05) is 18.9 Å². The number of benzene rings is 1. The molecule has 0 bridgehead atoms. The lowest BCUT2D eigenvalue weighted by Crippen LogP contribution is -2.51. The fourth-order valence-corrected chi connectivity index (χ4v) is 4.46. The van der Waals surface area contributed by atoms with Gasteiger partial charge >= 0.3 is 0 Å². The van der Waals surface area contributed by atoms with E-state index >= 15 is 0 Å². The number of aromatic nitrogens is 1. The second-order valence-electron chi connectivity index (χ2n) is 7.38. The molecule has 162 valence electrons. The van der Waals surface area contributed by atoms with E-state index in [1.807, 2.05) is 6.92 Å². The lowest BCUT2D eigenvalue weighted by atomic mass is 9.97. The van der Waals surface area contributed by atoms with Gasteiger partial charge in [-0.1, -0.05) is 17.7 Å². The van der Waals surface area contributed by atoms with Gasteiger partial charge in [0.2, 0.25) is 10.0 Å². The summed E-state index contributed by atoms with van der Waals surface area (Å²) < 4.78 is 33.2. The van der Waals surface area contributed by atoms with Crippen LogP contribution in [0.5, 0.6) is 0 Å². The molecule has 3 atom stereocenters. The van der Waals surface area contributed by atoms with E-state index in [1.54, 1.807) is 42.6 Å². The molecule has 0 spiro atoms. The minimum absolute atomic E-state index is 0.200. The van der Waals surface area contributed by atoms with Crippen molar-refractivity contribution in [3.8, 4) is 0 Å². The number of aliphatic hydroxyl groups excluding tert-OH is 1. The molecule has 1 aromatic carbocycles. The van der Waals surface area contributed by atoms with Gasteiger partial charge in [0.05, 0.1) is 29.2 Å². The number of amides is 1. The van der Waals surface area contributed by atoms with Gasteiger partial charge in [-0.25, -0.2) is 13.1 Å². The maximum Gasteiger partial charge on any atom is 0.253 e. The summed E-state index contributed by atoms with van der Waals surface area (Å²) in [6.07, 6.45) is 4.09. The summed E-state index contributed by atoms with van der Waals surface area (Å²) in [5.74, 6) is -0.264. The first-order valence-electron chi connectivity index (χ1n) is 9.92. The number of carbonyl (C=O) groups is 1. The van der Waals surface area contributed by atoms with Gasteiger partial charge in [0.1, 0.15) is 6.10 Å². The van der Waals surface area contributed by atoms with E-state index < -0.39 is 16.1 Å². The number of nitrogens with one attached hydrogen (secondary N) is 2. The molecule has 0 aliphatic carbocycles. The second kappa shape index (κ2) is 10.1. The van der Waals surface area contributed by atoms with E-state index in [0.717, 1.165) is 5.56 Å². The fourth-order valence-electron chi connectivity index (χ4n) is 3.41. The highest BCUT2D eigenvalue weighted by atomic mass is 32.2. The van der Waals surface area contributed by atoms with Gasteiger partial charge in [-0.15, -0.1) is 0 Å². The molecule has 1 saturated heterocycles. The molecule has 2 heterocycles. The average Bonchev–Trinajstić information content (AvgIpc) is 2.75. The molecule has 9 heteroatoms. The molecule has 2 aromatic rings. The van der Waals surface area contributed by atoms with Crippen LogP contribution in [0.3, 0.4) is 0 Å². The maximum absolute atomic E-state index is 12.4. The van der Waals surface area contributed by atoms with Gasteiger partial charge in [0.25, 0.3) is 5.91 Å². The molecule has 1 aromatic heterocycles. The van der Waals surface area contributed by atoms with Crippen LogP contribution in [0.15, 0.2) is 53.7 Å². The smallest absolute Gasteiger partial charge is 0.253 e. The Morgan fingerprint density at radius 3 is 2.67 bits per heavy atom. The molecule has 0 radical (unpaired) electrons. The fraction of sp³-hybridized carbons (Fsp3) is 0.429. The predicted octanol–water partition coefficient (Wildman–Crippen LogP) is 1.40. The molecule has 1 aliphatic rings. The third-order valence-electron chi connectivity index (χ3n) is 5.13. The number of rotatable bonds is 8. The lowest BCUT2D eigenvalue weighted by molar-refractivity contribution is -0.0891. The summed E-state index contributed by atoms with van der Waals surface area (Å²) in [4.78, 5) is 16.5. The maximum atomic E-state index is 12.4. The van der Waals surface area contributed by atoms with Crippen LogP contribution in [0.1, 0.15) is 35.2 Å². The number of ether oxygens (including phenoxy) is 1. The van der Waals surface area contributed by atoms with Crippen molar-refractivity contribution in [3.05, 3.63) is 59.9 Å². The van der Waals surface area contributed by atoms with Crippen LogP contribution in [0.4, 0.5) is 0 Å². The summed E-state index contributed by atoms with van der Waals surface area (Å²) in [7, 11) is -3.57. The highest BCUT2D eigenvalue weighted by molar-refractivity contribution is 7.89. The standard InChI is InChI=1S/C21H27N3O5S/c1-15-4-7-18(8-5-15)30(27,28)23-12-10-17-6-9-19(20(14-25)29-17)24-21(26)16-3-2-11-22-13-16/h2-5,7-8,11,13,17,19-20,23,25H,6,9-10,12,14H2,1H3,(H,24,26)/t17-,19-,20-/m1/s1. The van der Waals surface area contributed by atoms with E-state index in [1.165, 1.54) is 6.20 Å². The molecule has 1 amide bonds. The Bertz CT molecular complexity index is 935. The van der Waals surface area contributed by atoms with Crippen molar-refractivity contribution in [3.63, 3.8) is 0 Å². The van der Waals surface area contributed by atoms with Crippen LogP contribution < -0.4 is 10.0 Å². The van der Waals surface area contributed by atoms with Crippen molar-refractivity contribution < 1.29 is 23.1 Å². The Balaban J connectivity index is 1.49. The zero-order valence-corrected chi connectivity index (χ0v) is 17.6. The van der Waals surface area contributed by atoms with Crippen molar-refractivity contribution in [2.75, 3.05) is 13.2 Å². The second-order valence-corrected chi connectivity index (χ2v) is 9.14. The van der Waals surface area contributed by atoms with E-state index in [-0.39, 0.29) is 36.1 Å². The Kier molecular flexibility index (Phi) is 7.54. The number of sulfonamides is 1. The molecular weight excluding hydrogens is 406 g/mol. The van der Waals surface area contributed by atoms with Crippen LogP contribution in [-0.4, -0.2) is 55.8 Å². The first-order chi connectivity index (χ1) is 14.4. The summed E-state index contributed by atoms with van der Waals surface area (Å²) in [6, 6.07) is 9.70. The minimum Gasteiger partial charge on any atom is -0.394 e. The Labute approximate surface area is 176 Å². The van der Waals surface area contributed by atoms with Crippen LogP contribution in [-0.2, 0) is 14.8 Å². The Morgan fingerprint density at radius 2 is 2.00 bits per heavy atom. The number of aliphatic hydroxyl groups is 1. The Hall–Kier alpha value is -2.33. The molecule has 0 saturated carbocycles. The minimum atomic E-state index is -3.57. The number of nitrogens with zero attached hydrogens (tertiary/aromatic N) is 1. The molecule has 0 unspecified atom stereocenters. The SMILES string of the molecule is Cc1ccc(S(=O)(=O)NCC[C@H]2CC[C@@H](NC(=O)c3cccnc3)[C@@H](CO)O2)cc1. The normalized spacial score (nSPS) is 21.9. The van der Waals surface area contributed by atoms with Crippen LogP contribution in [0.25, 0.3) is 0 Å². The van der Waals surface area contributed by atoms with Crippen molar-refractivity contribution in [1.82, 2.24) is 15.0 Å². The topological polar surface area (TPSA) is 118 Å². The first kappa shape index (κ1) is 22.4. The molecule has 1 fully saturated rings. The number of aryl methyl sites for hydroxylation is 1. The number of pyridine rings is 1. The van der Waals surface area contributed by atoms with Crippen LogP contribution in [0.2, 0.25) is 0 Å². The number of hydrogen-bond acceptors (Lipinski definition) is 6. The molecule has 30 heavy (non-hydrogen) atoms. The summed E-state index contributed by atoms with van der Waals surface area (Å²) >= 11 is 0. The van der Waals surface area contributed by atoms with E-state index in [0.29, 0.717) is 24.8 Å². The van der Waals surface area contributed by atoms with Crippen LogP contribution in [0, 0.1) is 6.92 Å². The average molecular weight is 434 g/mol. The van der Waals surface area contributed by atoms with Gasteiger partial charge in [0.15, 0.2) is 0 Å². The third-order valence-corrected chi connectivity index (χ3v) is 6.60. The Morgan fingerprint density at radius 1 is 1.23 bits per heavy atom. The van der Waals surface area contributed by atoms with Gasteiger partial charge in [-0.2, -0.15) is 0 Å². The van der Waals surface area contributed by atoms with E-state index in [2.05, 4.69) is 15.0 Å². The monoisotopic (exact) mass is 433 g/mol. The van der Waals surface area contributed by atoms with Crippen molar-refractivity contribution in [2.45, 2.75) is 49.3 Å². The van der Waals surface area contributed by atoms with Gasteiger partial charge in [-0.3, -0.25) is 9.78 Å². The first-order valence-corrected chi connectivity index (χ1v) is 11.4. The van der Waals surface area contributed by atoms with Crippen molar-refractivity contribution in [2.24, 2.45) is 0 Å². The zero-order valence-electron chi connectivity index (χ0n) is 16.8. The summed E-state index contributed by atoms with van der Waals surface area (Å²) in [5.41, 5.74) is 1.44. The molecule has 1 aliphatic heterocycles. The van der Waals surface area contributed by atoms with Crippen LogP contribution >= 0.6 is 0 Å². The predicted molar refractivity (Wildman–Crippen MR) is 111 cm³/mol. The molecular formula is C21H27N3O5S. The number of carbonyl (C=O) groups excluding carboxylic acids is 1. The molecule has 3 rings (SSSR count). The van der Waals surface area contributed by atoms with Gasteiger partial charge in [-0.05, 0) is 50.5 Å². The lowest BCUT2D eigenvalue weighted by Gasteiger charge is -2.36. The zero-order chi connectivity index (χ0) is 21.6. The summed E-state index contributed by atoms with van der Waals surface area (Å²) in [6.45, 7) is 1.89. The largest absolute Gasteiger partial charge is 0.394 e. The van der Waals surface area contributed by atoms with Gasteiger partial charge < -0.3 is 15.2 Å². The molecule has 3 N–H and O–H groups in total. The molecule has 8 nitrogen and oxygen atoms in total. The van der Waals surface area contributed by atoms with E-state index in [9.17, 15) is 18.3 Å².